The van der Waals surface area contributed by atoms with Crippen LogP contribution in [0.4, 0.5) is 0 Å². The SMILES string of the molecule is Cc1noc(C)c1-c1ccc2nc([C@@]3(NC(=O)C4CCOCC4)CCNC3)n3c2c1OC[C@@H]3c1ccccn1. The first-order valence-electron chi connectivity index (χ1n) is 13.7. The van der Waals surface area contributed by atoms with Crippen molar-refractivity contribution in [2.24, 2.45) is 5.92 Å². The Morgan fingerprint density at radius 2 is 2.05 bits per heavy atom. The fourth-order valence-electron chi connectivity index (χ4n) is 6.38. The molecule has 0 aliphatic carbocycles. The van der Waals surface area contributed by atoms with Gasteiger partial charge in [-0.2, -0.15) is 0 Å². The molecule has 0 radical (unpaired) electrons. The van der Waals surface area contributed by atoms with Crippen LogP contribution in [0.3, 0.4) is 0 Å². The number of pyridine rings is 1. The first kappa shape index (κ1) is 24.3. The molecule has 10 nitrogen and oxygen atoms in total. The Morgan fingerprint density at radius 1 is 1.18 bits per heavy atom. The Bertz CT molecular complexity index is 1510. The van der Waals surface area contributed by atoms with Gasteiger partial charge in [0.05, 0.1) is 22.5 Å². The van der Waals surface area contributed by atoms with Gasteiger partial charge in [-0.3, -0.25) is 9.78 Å². The molecule has 6 heterocycles. The molecule has 2 fully saturated rings. The summed E-state index contributed by atoms with van der Waals surface area (Å²) in [6.07, 6.45) is 4.02. The van der Waals surface area contributed by atoms with E-state index in [-0.39, 0.29) is 17.9 Å². The molecule has 202 valence electrons. The van der Waals surface area contributed by atoms with Crippen molar-refractivity contribution in [2.45, 2.75) is 44.7 Å². The lowest BCUT2D eigenvalue weighted by molar-refractivity contribution is -0.130. The summed E-state index contributed by atoms with van der Waals surface area (Å²) in [7, 11) is 0. The molecule has 10 heteroatoms. The number of aromatic nitrogens is 4. The van der Waals surface area contributed by atoms with Gasteiger partial charge in [-0.05, 0) is 63.9 Å². The van der Waals surface area contributed by atoms with E-state index in [0.717, 1.165) is 76.7 Å². The zero-order chi connectivity index (χ0) is 26.6. The van der Waals surface area contributed by atoms with Gasteiger partial charge in [0.1, 0.15) is 35.3 Å². The number of carbonyl (C=O) groups is 1. The summed E-state index contributed by atoms with van der Waals surface area (Å²) in [5.41, 5.74) is 4.63. The van der Waals surface area contributed by atoms with E-state index in [1.807, 2.05) is 44.2 Å². The lowest BCUT2D eigenvalue weighted by atomic mass is 9.92. The molecule has 3 aliphatic heterocycles. The van der Waals surface area contributed by atoms with Crippen LogP contribution in [0.25, 0.3) is 22.2 Å². The number of imidazole rings is 1. The van der Waals surface area contributed by atoms with E-state index in [1.54, 1.807) is 6.20 Å². The number of carbonyl (C=O) groups excluding carboxylic acids is 1. The molecule has 2 saturated heterocycles. The third-order valence-corrected chi connectivity index (χ3v) is 8.37. The Morgan fingerprint density at radius 3 is 2.77 bits per heavy atom. The molecular formula is C29H32N6O4. The molecule has 0 saturated carbocycles. The number of rotatable bonds is 5. The second kappa shape index (κ2) is 9.46. The third kappa shape index (κ3) is 3.92. The topological polar surface area (TPSA) is 116 Å². The minimum absolute atomic E-state index is 0.0569. The summed E-state index contributed by atoms with van der Waals surface area (Å²) >= 11 is 0. The van der Waals surface area contributed by atoms with Crippen LogP contribution in [0.2, 0.25) is 0 Å². The Labute approximate surface area is 226 Å². The molecule has 4 aromatic rings. The van der Waals surface area contributed by atoms with Crippen LogP contribution in [0, 0.1) is 19.8 Å². The van der Waals surface area contributed by atoms with Crippen LogP contribution >= 0.6 is 0 Å². The largest absolute Gasteiger partial charge is 0.488 e. The normalized spacial score (nSPS) is 23.2. The van der Waals surface area contributed by atoms with Gasteiger partial charge in [0.2, 0.25) is 5.91 Å². The molecule has 2 N–H and O–H groups in total. The summed E-state index contributed by atoms with van der Waals surface area (Å²) in [5, 5.41) is 11.1. The van der Waals surface area contributed by atoms with Crippen molar-refractivity contribution in [2.75, 3.05) is 32.9 Å². The highest BCUT2D eigenvalue weighted by atomic mass is 16.5. The fraction of sp³-hybridized carbons (Fsp3) is 0.448. The van der Waals surface area contributed by atoms with Gasteiger partial charge in [0.25, 0.3) is 0 Å². The maximum atomic E-state index is 13.6. The molecule has 39 heavy (non-hydrogen) atoms. The summed E-state index contributed by atoms with van der Waals surface area (Å²) in [6.45, 7) is 6.88. The summed E-state index contributed by atoms with van der Waals surface area (Å²) in [5.74, 6) is 2.34. The molecule has 1 aromatic carbocycles. The van der Waals surface area contributed by atoms with Crippen LogP contribution in [0.5, 0.6) is 5.75 Å². The number of hydrogen-bond acceptors (Lipinski definition) is 8. The number of nitrogens with zero attached hydrogens (tertiary/aromatic N) is 4. The summed E-state index contributed by atoms with van der Waals surface area (Å²) in [6, 6.07) is 9.79. The maximum Gasteiger partial charge on any atom is 0.224 e. The minimum Gasteiger partial charge on any atom is -0.488 e. The highest BCUT2D eigenvalue weighted by Crippen LogP contribution is 2.46. The van der Waals surface area contributed by atoms with E-state index < -0.39 is 5.54 Å². The smallest absolute Gasteiger partial charge is 0.224 e. The molecule has 0 unspecified atom stereocenters. The number of aryl methyl sites for hydroxylation is 2. The van der Waals surface area contributed by atoms with Crippen LogP contribution in [0.15, 0.2) is 41.1 Å². The molecule has 7 rings (SSSR count). The number of amides is 1. The Balaban J connectivity index is 1.43. The Hall–Kier alpha value is -3.76. The number of benzene rings is 1. The zero-order valence-corrected chi connectivity index (χ0v) is 22.2. The minimum atomic E-state index is -0.654. The van der Waals surface area contributed by atoms with Gasteiger partial charge < -0.3 is 29.2 Å². The van der Waals surface area contributed by atoms with Crippen LogP contribution in [-0.4, -0.2) is 58.5 Å². The van der Waals surface area contributed by atoms with Gasteiger partial charge in [-0.1, -0.05) is 11.2 Å². The number of hydrogen-bond donors (Lipinski definition) is 2. The highest BCUT2D eigenvalue weighted by molar-refractivity contribution is 5.93. The molecule has 0 bridgehead atoms. The highest BCUT2D eigenvalue weighted by Gasteiger charge is 2.45. The van der Waals surface area contributed by atoms with Gasteiger partial charge in [0.15, 0.2) is 5.75 Å². The first-order valence-corrected chi connectivity index (χ1v) is 13.7. The van der Waals surface area contributed by atoms with E-state index in [0.29, 0.717) is 26.4 Å². The van der Waals surface area contributed by atoms with Crippen molar-refractivity contribution in [3.63, 3.8) is 0 Å². The predicted octanol–water partition coefficient (Wildman–Crippen LogP) is 3.42. The van der Waals surface area contributed by atoms with Crippen molar-refractivity contribution in [1.82, 2.24) is 30.3 Å². The molecule has 0 spiro atoms. The van der Waals surface area contributed by atoms with Gasteiger partial charge in [0, 0.05) is 37.4 Å². The molecule has 2 atom stereocenters. The van der Waals surface area contributed by atoms with E-state index in [2.05, 4.69) is 20.4 Å². The summed E-state index contributed by atoms with van der Waals surface area (Å²) in [4.78, 5) is 23.5. The van der Waals surface area contributed by atoms with Crippen LogP contribution in [0.1, 0.15) is 48.3 Å². The lowest BCUT2D eigenvalue weighted by Gasteiger charge is -2.35. The average Bonchev–Trinajstić information content (AvgIpc) is 3.69. The van der Waals surface area contributed by atoms with E-state index >= 15 is 0 Å². The first-order chi connectivity index (χ1) is 19.1. The van der Waals surface area contributed by atoms with Crippen molar-refractivity contribution < 1.29 is 18.8 Å². The van der Waals surface area contributed by atoms with Crippen molar-refractivity contribution in [3.8, 4) is 16.9 Å². The van der Waals surface area contributed by atoms with Gasteiger partial charge in [-0.25, -0.2) is 4.98 Å². The van der Waals surface area contributed by atoms with E-state index in [4.69, 9.17) is 24.0 Å². The van der Waals surface area contributed by atoms with Crippen molar-refractivity contribution >= 4 is 16.9 Å². The monoisotopic (exact) mass is 528 g/mol. The molecule has 1 amide bonds. The third-order valence-electron chi connectivity index (χ3n) is 8.37. The van der Waals surface area contributed by atoms with Crippen molar-refractivity contribution in [3.05, 3.63) is 59.5 Å². The second-order valence-electron chi connectivity index (χ2n) is 10.8. The lowest BCUT2D eigenvalue weighted by Crippen LogP contribution is -2.52. The predicted molar refractivity (Wildman–Crippen MR) is 143 cm³/mol. The summed E-state index contributed by atoms with van der Waals surface area (Å²) < 4.78 is 19.8. The number of ether oxygens (including phenoxy) is 2. The Kier molecular flexibility index (Phi) is 5.89. The standard InChI is InChI=1S/C29H32N6O4/c1-17-24(18(2)39-34-17)20-6-7-22-25-26(20)38-15-23(21-5-3-4-11-31-21)35(25)28(32-22)29(10-12-30-16-29)33-27(36)19-8-13-37-14-9-19/h3-7,11,19,23,30H,8-10,12-16H2,1-2H3,(H,33,36)/t23-,29-/m1/s1. The van der Waals surface area contributed by atoms with Crippen LogP contribution < -0.4 is 15.4 Å². The fourth-order valence-corrected chi connectivity index (χ4v) is 6.38. The zero-order valence-electron chi connectivity index (χ0n) is 22.2. The maximum absolute atomic E-state index is 13.6. The molecule has 3 aromatic heterocycles. The average molecular weight is 529 g/mol. The quantitative estimate of drug-likeness (QED) is 0.405. The second-order valence-corrected chi connectivity index (χ2v) is 10.8. The van der Waals surface area contributed by atoms with E-state index in [9.17, 15) is 4.79 Å². The van der Waals surface area contributed by atoms with E-state index in [1.165, 1.54) is 0 Å². The van der Waals surface area contributed by atoms with Gasteiger partial charge in [-0.15, -0.1) is 0 Å². The molecule has 3 aliphatic rings. The van der Waals surface area contributed by atoms with Gasteiger partial charge >= 0.3 is 0 Å². The number of nitrogens with one attached hydrogen (secondary N) is 2. The van der Waals surface area contributed by atoms with Crippen LogP contribution in [-0.2, 0) is 15.1 Å². The van der Waals surface area contributed by atoms with Crippen molar-refractivity contribution in [1.29, 1.82) is 0 Å². The molecular weight excluding hydrogens is 496 g/mol.